The van der Waals surface area contributed by atoms with Gasteiger partial charge < -0.3 is 5.21 Å². The van der Waals surface area contributed by atoms with E-state index in [0.29, 0.717) is 22.1 Å². The second kappa shape index (κ2) is 5.72. The summed E-state index contributed by atoms with van der Waals surface area (Å²) >= 11 is 12.3. The van der Waals surface area contributed by atoms with Crippen LogP contribution in [0.5, 0.6) is 0 Å². The monoisotopic (exact) mass is 375 g/mol. The molecule has 1 aliphatic rings. The number of hydroxylamine groups is 1. The molecule has 0 saturated carbocycles. The molecule has 0 N–H and O–H groups in total. The summed E-state index contributed by atoms with van der Waals surface area (Å²) in [6, 6.07) is 10.2. The van der Waals surface area contributed by atoms with Gasteiger partial charge in [0.05, 0.1) is 16.3 Å². The van der Waals surface area contributed by atoms with Crippen molar-refractivity contribution in [3.05, 3.63) is 79.3 Å². The fourth-order valence-corrected chi connectivity index (χ4v) is 3.26. The number of hydrogen-bond donors (Lipinski definition) is 0. The number of nitrogens with zero attached hydrogens (tertiary/aromatic N) is 5. The van der Waals surface area contributed by atoms with E-state index in [1.807, 2.05) is 0 Å². The second-order valence-corrected chi connectivity index (χ2v) is 6.32. The number of fused-ring (bicyclic) bond motifs is 3. The molecule has 1 aliphatic heterocycles. The van der Waals surface area contributed by atoms with Gasteiger partial charge >= 0.3 is 5.69 Å². The molecule has 0 unspecified atom stereocenters. The molecule has 0 fully saturated rings. The number of pyridine rings is 1. The maximum atomic E-state index is 12.9. The number of hydrogen-bond acceptors (Lipinski definition) is 4. The number of aryl methyl sites for hydroxylation is 1. The van der Waals surface area contributed by atoms with Crippen molar-refractivity contribution in [2.75, 3.05) is 0 Å². The third-order valence-corrected chi connectivity index (χ3v) is 4.50. The van der Waals surface area contributed by atoms with Crippen LogP contribution in [0.3, 0.4) is 0 Å². The minimum Gasteiger partial charge on any atom is -0.623 e. The van der Waals surface area contributed by atoms with E-state index >= 15 is 0 Å². The summed E-state index contributed by atoms with van der Waals surface area (Å²) in [6.45, 7) is -0.120. The van der Waals surface area contributed by atoms with Crippen LogP contribution in [0.2, 0.25) is 10.2 Å². The normalized spacial score (nSPS) is 13.4. The van der Waals surface area contributed by atoms with Gasteiger partial charge in [0.25, 0.3) is 0 Å². The standard InChI is InChI=1S/C16H11Cl2N5O2/c1-21-16(24)23-11-6-7-12(18)19-14(11)15(22(25)8-13(23)20-21)9-4-2-3-5-10(9)17/h2-7H,8H2,1H3. The SMILES string of the molecule is Cn1nc2n(c1=O)-c1ccc(Cl)nc1C(c1ccccc1Cl)=[N+]([O-])C2. The van der Waals surface area contributed by atoms with Gasteiger partial charge in [-0.05, 0) is 24.3 Å². The highest BCUT2D eigenvalue weighted by atomic mass is 35.5. The van der Waals surface area contributed by atoms with Crippen molar-refractivity contribution in [3.63, 3.8) is 0 Å². The van der Waals surface area contributed by atoms with E-state index in [1.54, 1.807) is 36.4 Å². The van der Waals surface area contributed by atoms with Crippen LogP contribution in [0.1, 0.15) is 17.1 Å². The van der Waals surface area contributed by atoms with E-state index in [2.05, 4.69) is 10.1 Å². The molecule has 0 aliphatic carbocycles. The van der Waals surface area contributed by atoms with Gasteiger partial charge in [-0.1, -0.05) is 35.3 Å². The Morgan fingerprint density at radius 3 is 2.72 bits per heavy atom. The molecule has 7 nitrogen and oxygen atoms in total. The largest absolute Gasteiger partial charge is 0.623 e. The lowest BCUT2D eigenvalue weighted by Crippen LogP contribution is -2.24. The molecule has 0 saturated heterocycles. The summed E-state index contributed by atoms with van der Waals surface area (Å²) in [6.07, 6.45) is 0. The molecule has 0 bridgehead atoms. The third-order valence-electron chi connectivity index (χ3n) is 3.96. The topological polar surface area (TPSA) is 78.8 Å². The first-order valence-electron chi connectivity index (χ1n) is 7.36. The van der Waals surface area contributed by atoms with E-state index in [1.165, 1.54) is 16.3 Å². The Morgan fingerprint density at radius 2 is 1.96 bits per heavy atom. The van der Waals surface area contributed by atoms with Gasteiger partial charge in [0.1, 0.15) is 5.15 Å². The van der Waals surface area contributed by atoms with Gasteiger partial charge in [-0.2, -0.15) is 4.74 Å². The third kappa shape index (κ3) is 2.43. The molecular weight excluding hydrogens is 365 g/mol. The fraction of sp³-hybridized carbons (Fsp3) is 0.125. The molecule has 126 valence electrons. The first kappa shape index (κ1) is 15.9. The lowest BCUT2D eigenvalue weighted by Gasteiger charge is -2.11. The number of rotatable bonds is 1. The van der Waals surface area contributed by atoms with E-state index in [-0.39, 0.29) is 28.8 Å². The molecule has 9 heteroatoms. The van der Waals surface area contributed by atoms with Gasteiger partial charge in [0, 0.05) is 7.05 Å². The number of halogens is 2. The zero-order valence-electron chi connectivity index (χ0n) is 13.0. The lowest BCUT2D eigenvalue weighted by atomic mass is 10.1. The van der Waals surface area contributed by atoms with Crippen LogP contribution >= 0.6 is 23.2 Å². The summed E-state index contributed by atoms with van der Waals surface area (Å²) in [5.74, 6) is 0.315. The van der Waals surface area contributed by atoms with Crippen molar-refractivity contribution < 1.29 is 4.74 Å². The molecule has 0 spiro atoms. The summed E-state index contributed by atoms with van der Waals surface area (Å²) < 4.78 is 3.28. The average Bonchev–Trinajstić information content (AvgIpc) is 2.78. The van der Waals surface area contributed by atoms with Crippen molar-refractivity contribution in [2.24, 2.45) is 7.05 Å². The molecule has 4 rings (SSSR count). The molecular formula is C16H11Cl2N5O2. The van der Waals surface area contributed by atoms with Crippen LogP contribution < -0.4 is 5.69 Å². The maximum Gasteiger partial charge on any atom is 0.350 e. The Hall–Kier alpha value is -2.64. The molecule has 3 aromatic rings. The van der Waals surface area contributed by atoms with Crippen LogP contribution in [0.15, 0.2) is 41.2 Å². The Morgan fingerprint density at radius 1 is 1.20 bits per heavy atom. The fourth-order valence-electron chi connectivity index (χ4n) is 2.88. The zero-order valence-corrected chi connectivity index (χ0v) is 14.5. The molecule has 0 amide bonds. The summed E-state index contributed by atoms with van der Waals surface area (Å²) in [4.78, 5) is 16.8. The molecule has 25 heavy (non-hydrogen) atoms. The Bertz CT molecular complexity index is 1100. The van der Waals surface area contributed by atoms with Crippen LogP contribution in [-0.4, -0.2) is 29.8 Å². The molecule has 0 radical (unpaired) electrons. The van der Waals surface area contributed by atoms with Crippen LogP contribution in [0, 0.1) is 5.21 Å². The first-order chi connectivity index (χ1) is 12.0. The van der Waals surface area contributed by atoms with Crippen molar-refractivity contribution in [1.29, 1.82) is 0 Å². The summed E-state index contributed by atoms with van der Waals surface area (Å²) in [5, 5.41) is 17.7. The van der Waals surface area contributed by atoms with Crippen molar-refractivity contribution >= 4 is 28.9 Å². The van der Waals surface area contributed by atoms with E-state index in [9.17, 15) is 10.0 Å². The number of benzene rings is 1. The molecule has 2 aromatic heterocycles. The Kier molecular flexibility index (Phi) is 3.63. The van der Waals surface area contributed by atoms with Gasteiger partial charge in [-0.15, -0.1) is 5.10 Å². The lowest BCUT2D eigenvalue weighted by molar-refractivity contribution is -0.475. The summed E-state index contributed by atoms with van der Waals surface area (Å²) in [7, 11) is 1.53. The predicted octanol–water partition coefficient (Wildman–Crippen LogP) is 2.13. The quantitative estimate of drug-likeness (QED) is 0.370. The van der Waals surface area contributed by atoms with Crippen LogP contribution in [0.25, 0.3) is 5.69 Å². The highest BCUT2D eigenvalue weighted by molar-refractivity contribution is 6.35. The highest BCUT2D eigenvalue weighted by Gasteiger charge is 2.31. The van der Waals surface area contributed by atoms with E-state index in [0.717, 1.165) is 4.74 Å². The van der Waals surface area contributed by atoms with Crippen molar-refractivity contribution in [3.8, 4) is 5.69 Å². The Balaban J connectivity index is 2.11. The first-order valence-corrected chi connectivity index (χ1v) is 8.11. The van der Waals surface area contributed by atoms with Gasteiger partial charge in [0.15, 0.2) is 5.69 Å². The summed E-state index contributed by atoms with van der Waals surface area (Å²) in [5.41, 5.74) is 1.11. The predicted molar refractivity (Wildman–Crippen MR) is 93.6 cm³/mol. The molecule has 3 heterocycles. The van der Waals surface area contributed by atoms with Crippen molar-refractivity contribution in [2.45, 2.75) is 6.54 Å². The van der Waals surface area contributed by atoms with E-state index in [4.69, 9.17) is 23.2 Å². The minimum absolute atomic E-state index is 0.120. The van der Waals surface area contributed by atoms with E-state index < -0.39 is 0 Å². The minimum atomic E-state index is -0.366. The van der Waals surface area contributed by atoms with Crippen molar-refractivity contribution in [1.82, 2.24) is 19.3 Å². The maximum absolute atomic E-state index is 12.9. The number of aromatic nitrogens is 4. The Labute approximate surface area is 152 Å². The molecule has 1 aromatic carbocycles. The average molecular weight is 376 g/mol. The van der Waals surface area contributed by atoms with Gasteiger partial charge in [-0.3, -0.25) is 0 Å². The molecule has 0 atom stereocenters. The second-order valence-electron chi connectivity index (χ2n) is 5.52. The highest BCUT2D eigenvalue weighted by Crippen LogP contribution is 2.26. The zero-order chi connectivity index (χ0) is 17.7. The van der Waals surface area contributed by atoms with Gasteiger partial charge in [0.2, 0.25) is 18.1 Å². The van der Waals surface area contributed by atoms with Crippen LogP contribution in [-0.2, 0) is 13.6 Å². The van der Waals surface area contributed by atoms with Gasteiger partial charge in [-0.25, -0.2) is 19.0 Å². The van der Waals surface area contributed by atoms with Crippen LogP contribution in [0.4, 0.5) is 0 Å². The smallest absolute Gasteiger partial charge is 0.350 e.